The minimum atomic E-state index is -0.0372. The Morgan fingerprint density at radius 2 is 1.06 bits per heavy atom. The predicted molar refractivity (Wildman–Crippen MR) is 267 cm³/mol. The van der Waals surface area contributed by atoms with Gasteiger partial charge >= 0.3 is 0 Å². The van der Waals surface area contributed by atoms with Crippen molar-refractivity contribution in [1.82, 2.24) is 9.55 Å². The average Bonchev–Trinajstić information content (AvgIpc) is 3.78. The van der Waals surface area contributed by atoms with E-state index in [0.29, 0.717) is 6.67 Å². The Hall–Kier alpha value is -6.33. The number of anilines is 4. The van der Waals surface area contributed by atoms with Gasteiger partial charge in [-0.25, -0.2) is 4.98 Å². The van der Waals surface area contributed by atoms with Gasteiger partial charge in [0.1, 0.15) is 24.0 Å². The van der Waals surface area contributed by atoms with Crippen LogP contribution < -0.4 is 14.5 Å². The summed E-state index contributed by atoms with van der Waals surface area (Å²) in [4.78, 5) is 9.81. The van der Waals surface area contributed by atoms with Gasteiger partial charge < -0.3 is 14.5 Å². The number of para-hydroxylation sites is 1. The highest BCUT2D eigenvalue weighted by Crippen LogP contribution is 2.48. The number of ether oxygens (including phenoxy) is 1. The molecule has 2 aromatic heterocycles. The molecular formula is C58H62N4O. The van der Waals surface area contributed by atoms with Crippen LogP contribution in [0.2, 0.25) is 0 Å². The summed E-state index contributed by atoms with van der Waals surface area (Å²) in [6, 6.07) is 51.2. The van der Waals surface area contributed by atoms with Crippen LogP contribution in [0.15, 0.2) is 146 Å². The highest BCUT2D eigenvalue weighted by atomic mass is 16.5. The Bertz CT molecular complexity index is 3000. The van der Waals surface area contributed by atoms with E-state index in [4.69, 9.17) is 9.72 Å². The van der Waals surface area contributed by atoms with E-state index in [1.165, 1.54) is 61.2 Å². The topological polar surface area (TPSA) is 33.5 Å². The zero-order chi connectivity index (χ0) is 44.6. The van der Waals surface area contributed by atoms with Gasteiger partial charge in [0.25, 0.3) is 0 Å². The van der Waals surface area contributed by atoms with Gasteiger partial charge in [-0.1, -0.05) is 144 Å². The zero-order valence-corrected chi connectivity index (χ0v) is 39.3. The Morgan fingerprint density at radius 1 is 0.429 bits per heavy atom. The summed E-state index contributed by atoms with van der Waals surface area (Å²) in [6.07, 6.45) is 1.93. The van der Waals surface area contributed by atoms with Gasteiger partial charge in [0.2, 0.25) is 0 Å². The number of pyridine rings is 1. The monoisotopic (exact) mass is 830 g/mol. The predicted octanol–water partition coefficient (Wildman–Crippen LogP) is 16.1. The molecule has 5 heteroatoms. The summed E-state index contributed by atoms with van der Waals surface area (Å²) in [5, 5.41) is 2.35. The molecule has 0 N–H and O–H groups in total. The molecular weight excluding hydrogens is 769 g/mol. The lowest BCUT2D eigenvalue weighted by Crippen LogP contribution is -2.24. The van der Waals surface area contributed by atoms with Gasteiger partial charge in [-0.3, -0.25) is 4.57 Å². The first-order valence-corrected chi connectivity index (χ1v) is 22.5. The molecule has 0 bridgehead atoms. The average molecular weight is 831 g/mol. The second-order valence-electron chi connectivity index (χ2n) is 21.6. The SMILES string of the molecule is CC(C)(C)c1ccc(-c2cc(N3CN(c4cccc(Oc5ccc6c7ccccc7n(-c7cc(C(C)(C)C)ccn7)c6c5)c4)c4cc(C(C)(C)C)ccc43)cc(C(C)(C)C)c2)cc1. The molecule has 0 fully saturated rings. The maximum absolute atomic E-state index is 6.80. The van der Waals surface area contributed by atoms with Crippen LogP contribution in [0.3, 0.4) is 0 Å². The van der Waals surface area contributed by atoms with Crippen LogP contribution in [0, 0.1) is 0 Å². The molecule has 0 spiro atoms. The first-order chi connectivity index (χ1) is 29.7. The van der Waals surface area contributed by atoms with Crippen molar-refractivity contribution in [3.05, 3.63) is 168 Å². The lowest BCUT2D eigenvalue weighted by atomic mass is 9.83. The zero-order valence-electron chi connectivity index (χ0n) is 39.3. The number of nitrogens with zero attached hydrogens (tertiary/aromatic N) is 4. The fourth-order valence-corrected chi connectivity index (χ4v) is 8.82. The highest BCUT2D eigenvalue weighted by molar-refractivity contribution is 6.09. The van der Waals surface area contributed by atoms with Gasteiger partial charge in [-0.15, -0.1) is 0 Å². The summed E-state index contributed by atoms with van der Waals surface area (Å²) in [5.41, 5.74) is 14.5. The molecule has 1 aliphatic rings. The summed E-state index contributed by atoms with van der Waals surface area (Å²) in [6.45, 7) is 28.0. The van der Waals surface area contributed by atoms with Gasteiger partial charge in [0.05, 0.1) is 22.4 Å². The number of rotatable bonds is 6. The minimum absolute atomic E-state index is 0.00470. The van der Waals surface area contributed by atoms with Crippen molar-refractivity contribution in [3.63, 3.8) is 0 Å². The van der Waals surface area contributed by atoms with Crippen LogP contribution in [-0.4, -0.2) is 16.2 Å². The molecule has 0 aliphatic carbocycles. The van der Waals surface area contributed by atoms with Crippen LogP contribution in [0.4, 0.5) is 22.7 Å². The number of aromatic nitrogens is 2. The highest BCUT2D eigenvalue weighted by Gasteiger charge is 2.31. The second kappa shape index (κ2) is 15.2. The number of benzene rings is 6. The molecule has 0 atom stereocenters. The van der Waals surface area contributed by atoms with Crippen LogP contribution in [0.5, 0.6) is 11.5 Å². The number of hydrogen-bond donors (Lipinski definition) is 0. The van der Waals surface area contributed by atoms with Crippen molar-refractivity contribution in [2.75, 3.05) is 16.5 Å². The van der Waals surface area contributed by atoms with Crippen LogP contribution >= 0.6 is 0 Å². The van der Waals surface area contributed by atoms with Crippen molar-refractivity contribution in [2.24, 2.45) is 0 Å². The van der Waals surface area contributed by atoms with E-state index in [1.807, 2.05) is 6.20 Å². The first kappa shape index (κ1) is 42.0. The quantitative estimate of drug-likeness (QED) is 0.167. The van der Waals surface area contributed by atoms with E-state index in [9.17, 15) is 0 Å². The smallest absolute Gasteiger partial charge is 0.137 e. The molecule has 0 saturated heterocycles. The Kier molecular flexibility index (Phi) is 10.1. The van der Waals surface area contributed by atoms with E-state index in [1.54, 1.807) is 0 Å². The molecule has 320 valence electrons. The molecule has 0 amide bonds. The lowest BCUT2D eigenvalue weighted by Gasteiger charge is -2.27. The molecule has 0 saturated carbocycles. The fraction of sp³-hybridized carbons (Fsp3) is 0.293. The lowest BCUT2D eigenvalue weighted by molar-refractivity contribution is 0.483. The second-order valence-corrected chi connectivity index (χ2v) is 21.6. The molecule has 5 nitrogen and oxygen atoms in total. The van der Waals surface area contributed by atoms with Crippen LogP contribution in [-0.2, 0) is 21.7 Å². The molecule has 9 rings (SSSR count). The van der Waals surface area contributed by atoms with Crippen molar-refractivity contribution in [3.8, 4) is 28.4 Å². The van der Waals surface area contributed by atoms with Crippen molar-refractivity contribution >= 4 is 44.6 Å². The molecule has 1 aliphatic heterocycles. The molecule has 0 unspecified atom stereocenters. The third-order valence-corrected chi connectivity index (χ3v) is 12.7. The maximum atomic E-state index is 6.80. The van der Waals surface area contributed by atoms with Crippen molar-refractivity contribution in [1.29, 1.82) is 0 Å². The van der Waals surface area contributed by atoms with E-state index in [0.717, 1.165) is 34.0 Å². The van der Waals surface area contributed by atoms with E-state index in [-0.39, 0.29) is 21.7 Å². The molecule has 3 heterocycles. The van der Waals surface area contributed by atoms with Gasteiger partial charge in [0.15, 0.2) is 0 Å². The summed E-state index contributed by atoms with van der Waals surface area (Å²) < 4.78 is 9.07. The Morgan fingerprint density at radius 3 is 1.78 bits per heavy atom. The van der Waals surface area contributed by atoms with Crippen LogP contribution in [0.25, 0.3) is 38.8 Å². The summed E-state index contributed by atoms with van der Waals surface area (Å²) in [7, 11) is 0. The Labute approximate surface area is 375 Å². The third-order valence-electron chi connectivity index (χ3n) is 12.7. The molecule has 6 aromatic carbocycles. The molecule has 8 aromatic rings. The summed E-state index contributed by atoms with van der Waals surface area (Å²) in [5.74, 6) is 2.46. The van der Waals surface area contributed by atoms with Crippen LogP contribution in [0.1, 0.15) is 105 Å². The molecule has 0 radical (unpaired) electrons. The van der Waals surface area contributed by atoms with E-state index >= 15 is 0 Å². The normalized spacial score (nSPS) is 13.6. The van der Waals surface area contributed by atoms with E-state index < -0.39 is 0 Å². The summed E-state index contributed by atoms with van der Waals surface area (Å²) >= 11 is 0. The number of fused-ring (bicyclic) bond motifs is 4. The van der Waals surface area contributed by atoms with Crippen molar-refractivity contribution in [2.45, 2.75) is 105 Å². The van der Waals surface area contributed by atoms with Gasteiger partial charge in [0, 0.05) is 40.5 Å². The first-order valence-electron chi connectivity index (χ1n) is 22.5. The van der Waals surface area contributed by atoms with Gasteiger partial charge in [-0.2, -0.15) is 0 Å². The molecule has 63 heavy (non-hydrogen) atoms. The standard InChI is InChI=1S/C58H62N4O/c1-55(2,3)40-22-20-38(21-23-40)39-30-43(58(10,11)12)32-45(31-39)61-37-60(53-33-41(56(4,5)6)24-27-51(53)61)44-16-15-17-46(35-44)63-47-25-26-49-48-18-13-14-19-50(48)62(52(49)36-47)54-34-42(28-29-59-54)57(7,8)9/h13-36H,37H2,1-12H3. The number of hydrogen-bond acceptors (Lipinski definition) is 4. The minimum Gasteiger partial charge on any atom is -0.457 e. The maximum Gasteiger partial charge on any atom is 0.137 e. The third kappa shape index (κ3) is 8.10. The van der Waals surface area contributed by atoms with E-state index in [2.05, 4.69) is 237 Å². The Balaban J connectivity index is 1.10. The fourth-order valence-electron chi connectivity index (χ4n) is 8.82. The van der Waals surface area contributed by atoms with Crippen molar-refractivity contribution < 1.29 is 4.74 Å². The van der Waals surface area contributed by atoms with Gasteiger partial charge in [-0.05, 0) is 122 Å². The largest absolute Gasteiger partial charge is 0.457 e.